The van der Waals surface area contributed by atoms with Gasteiger partial charge in [-0.2, -0.15) is 0 Å². The average molecular weight is 424 g/mol. The van der Waals surface area contributed by atoms with E-state index in [1.165, 1.54) is 18.2 Å². The molecule has 0 unspecified atom stereocenters. The molecule has 0 bridgehead atoms. The third-order valence-electron chi connectivity index (χ3n) is 5.63. The third kappa shape index (κ3) is 4.23. The summed E-state index contributed by atoms with van der Waals surface area (Å²) in [6.45, 7) is 5.37. The quantitative estimate of drug-likeness (QED) is 0.646. The molecular weight excluding hydrogens is 402 g/mol. The van der Waals surface area contributed by atoms with Crippen molar-refractivity contribution < 1.29 is 18.3 Å². The van der Waals surface area contributed by atoms with E-state index >= 15 is 0 Å². The Labute approximate surface area is 178 Å². The number of ether oxygens (including phenoxy) is 1. The second-order valence-electron chi connectivity index (χ2n) is 7.89. The number of aryl methyl sites for hydroxylation is 3. The molecule has 4 rings (SSSR count). The van der Waals surface area contributed by atoms with Gasteiger partial charge in [0.15, 0.2) is 5.75 Å². The van der Waals surface area contributed by atoms with Crippen molar-refractivity contribution >= 4 is 11.7 Å². The van der Waals surface area contributed by atoms with E-state index in [9.17, 15) is 13.6 Å². The summed E-state index contributed by atoms with van der Waals surface area (Å²) in [6, 6.07) is 7.67. The Kier molecular flexibility index (Phi) is 5.39. The van der Waals surface area contributed by atoms with Gasteiger partial charge in [-0.25, -0.2) is 23.7 Å². The second kappa shape index (κ2) is 8.02. The molecule has 160 valence electrons. The Morgan fingerprint density at radius 1 is 1.19 bits per heavy atom. The summed E-state index contributed by atoms with van der Waals surface area (Å²) in [5.41, 5.74) is 1.06. The maximum Gasteiger partial charge on any atom is 0.229 e. The topological polar surface area (TPSA) is 77.0 Å². The van der Waals surface area contributed by atoms with E-state index in [-0.39, 0.29) is 24.1 Å². The van der Waals surface area contributed by atoms with E-state index in [0.29, 0.717) is 34.8 Å². The van der Waals surface area contributed by atoms with Gasteiger partial charge in [-0.3, -0.25) is 4.79 Å². The van der Waals surface area contributed by atoms with E-state index in [4.69, 9.17) is 4.74 Å². The number of halogens is 2. The van der Waals surface area contributed by atoms with Gasteiger partial charge in [-0.15, -0.1) is 0 Å². The number of carbonyl (C=O) groups excluding carboxylic acids is 1. The van der Waals surface area contributed by atoms with Crippen LogP contribution in [-0.4, -0.2) is 27.5 Å². The number of nitrogens with one attached hydrogen (secondary N) is 1. The minimum Gasteiger partial charge on any atom is -0.489 e. The third-order valence-corrected chi connectivity index (χ3v) is 5.63. The van der Waals surface area contributed by atoms with Crippen LogP contribution in [0.25, 0.3) is 0 Å². The van der Waals surface area contributed by atoms with Crippen LogP contribution in [0.4, 0.5) is 14.6 Å². The lowest BCUT2D eigenvalue weighted by Crippen LogP contribution is -2.27. The highest BCUT2D eigenvalue weighted by atomic mass is 19.1. The monoisotopic (exact) mass is 424 g/mol. The van der Waals surface area contributed by atoms with E-state index in [1.54, 1.807) is 32.2 Å². The largest absolute Gasteiger partial charge is 0.489 e. The number of amides is 1. The van der Waals surface area contributed by atoms with Crippen molar-refractivity contribution in [2.45, 2.75) is 32.6 Å². The Morgan fingerprint density at radius 3 is 2.71 bits per heavy atom. The van der Waals surface area contributed by atoms with E-state index < -0.39 is 17.2 Å². The summed E-state index contributed by atoms with van der Waals surface area (Å²) in [6.07, 6.45) is 3.15. The highest BCUT2D eigenvalue weighted by molar-refractivity contribution is 5.95. The number of pyridine rings is 1. The number of benzene rings is 1. The molecule has 1 aliphatic rings. The molecule has 31 heavy (non-hydrogen) atoms. The van der Waals surface area contributed by atoms with Crippen molar-refractivity contribution in [1.82, 2.24) is 15.0 Å². The molecule has 0 aliphatic heterocycles. The number of nitrogens with zero attached hydrogens (tertiary/aromatic N) is 3. The molecule has 1 N–H and O–H groups in total. The van der Waals surface area contributed by atoms with Crippen LogP contribution in [0.15, 0.2) is 42.7 Å². The van der Waals surface area contributed by atoms with Crippen molar-refractivity contribution in [3.63, 3.8) is 0 Å². The van der Waals surface area contributed by atoms with Crippen LogP contribution < -0.4 is 10.1 Å². The highest BCUT2D eigenvalue weighted by Crippen LogP contribution is 2.55. The first-order valence-electron chi connectivity index (χ1n) is 9.90. The maximum absolute atomic E-state index is 13.9. The predicted octanol–water partition coefficient (Wildman–Crippen LogP) is 4.05. The summed E-state index contributed by atoms with van der Waals surface area (Å²) >= 11 is 0. The summed E-state index contributed by atoms with van der Waals surface area (Å²) < 4.78 is 33.4. The fourth-order valence-corrected chi connectivity index (χ4v) is 3.75. The lowest BCUT2D eigenvalue weighted by Gasteiger charge is -2.19. The molecule has 1 aromatic carbocycles. The van der Waals surface area contributed by atoms with E-state index in [2.05, 4.69) is 20.3 Å². The van der Waals surface area contributed by atoms with Gasteiger partial charge in [-0.1, -0.05) is 12.1 Å². The first-order valence-corrected chi connectivity index (χ1v) is 9.90. The number of hydrogen-bond donors (Lipinski definition) is 1. The number of rotatable bonds is 6. The number of carbonyl (C=O) groups is 1. The molecule has 8 heteroatoms. The molecule has 2 atom stereocenters. The highest BCUT2D eigenvalue weighted by Gasteiger charge is 2.60. The van der Waals surface area contributed by atoms with Gasteiger partial charge in [0.25, 0.3) is 0 Å². The molecule has 1 amide bonds. The van der Waals surface area contributed by atoms with Crippen LogP contribution >= 0.6 is 0 Å². The van der Waals surface area contributed by atoms with Gasteiger partial charge in [-0.05, 0) is 56.5 Å². The lowest BCUT2D eigenvalue weighted by atomic mass is 9.93. The van der Waals surface area contributed by atoms with Crippen molar-refractivity contribution in [1.29, 1.82) is 0 Å². The first-order chi connectivity index (χ1) is 14.8. The molecule has 1 saturated carbocycles. The van der Waals surface area contributed by atoms with Gasteiger partial charge >= 0.3 is 0 Å². The van der Waals surface area contributed by atoms with Crippen LogP contribution in [0.2, 0.25) is 0 Å². The Morgan fingerprint density at radius 2 is 2.00 bits per heavy atom. The van der Waals surface area contributed by atoms with Crippen LogP contribution in [-0.2, 0) is 10.2 Å². The average Bonchev–Trinajstić information content (AvgIpc) is 3.46. The lowest BCUT2D eigenvalue weighted by molar-refractivity contribution is -0.117. The van der Waals surface area contributed by atoms with Gasteiger partial charge in [0.2, 0.25) is 5.91 Å². The molecule has 2 aromatic heterocycles. The number of hydrogen-bond acceptors (Lipinski definition) is 5. The Balaban J connectivity index is 1.57. The fraction of sp³-hybridized carbons (Fsp3) is 0.304. The zero-order valence-corrected chi connectivity index (χ0v) is 17.4. The normalized spacial score (nSPS) is 19.7. The smallest absolute Gasteiger partial charge is 0.229 e. The first kappa shape index (κ1) is 20.8. The summed E-state index contributed by atoms with van der Waals surface area (Å²) in [5, 5.41) is 2.74. The number of anilines is 1. The predicted molar refractivity (Wildman–Crippen MR) is 111 cm³/mol. The van der Waals surface area contributed by atoms with Crippen molar-refractivity contribution in [2.75, 3.05) is 11.9 Å². The van der Waals surface area contributed by atoms with Crippen LogP contribution in [0.3, 0.4) is 0 Å². The van der Waals surface area contributed by atoms with Crippen molar-refractivity contribution in [3.8, 4) is 5.75 Å². The molecule has 0 saturated heterocycles. The Hall–Kier alpha value is -3.42. The van der Waals surface area contributed by atoms with Crippen LogP contribution in [0, 0.1) is 38.3 Å². The van der Waals surface area contributed by atoms with Crippen LogP contribution in [0.5, 0.6) is 5.75 Å². The maximum atomic E-state index is 13.9. The van der Waals surface area contributed by atoms with Gasteiger partial charge in [0.1, 0.15) is 23.3 Å². The van der Waals surface area contributed by atoms with Crippen LogP contribution in [0.1, 0.15) is 29.1 Å². The minimum absolute atomic E-state index is 0.164. The summed E-state index contributed by atoms with van der Waals surface area (Å²) in [4.78, 5) is 25.3. The molecule has 1 aliphatic carbocycles. The number of aromatic nitrogens is 3. The zero-order chi connectivity index (χ0) is 22.2. The molecule has 2 heterocycles. The van der Waals surface area contributed by atoms with Gasteiger partial charge in [0, 0.05) is 5.41 Å². The second-order valence-corrected chi connectivity index (χ2v) is 7.89. The molecule has 1 fully saturated rings. The van der Waals surface area contributed by atoms with Gasteiger partial charge < -0.3 is 10.1 Å². The fourth-order valence-electron chi connectivity index (χ4n) is 3.75. The minimum atomic E-state index is -0.696. The van der Waals surface area contributed by atoms with Crippen molar-refractivity contribution in [2.24, 2.45) is 5.92 Å². The summed E-state index contributed by atoms with van der Waals surface area (Å²) in [7, 11) is 0. The zero-order valence-electron chi connectivity index (χ0n) is 17.4. The molecule has 3 aromatic rings. The summed E-state index contributed by atoms with van der Waals surface area (Å²) in [5.74, 6) is -0.126. The van der Waals surface area contributed by atoms with Crippen molar-refractivity contribution in [3.05, 3.63) is 77.0 Å². The molecule has 0 radical (unpaired) electrons. The van der Waals surface area contributed by atoms with E-state index in [0.717, 1.165) is 6.20 Å². The Bertz CT molecular complexity index is 1150. The molecular formula is C23H22F2N4O2. The standard InChI is InChI=1S/C23H22F2N4O2/c1-13-7-21(27-10-19(13)25)29-22(30)18-9-23(18,16-5-4-6-17(24)8-16)12-31-20-11-26-15(3)28-14(20)2/h4-8,10-11,18H,9,12H2,1-3H3,(H,27,29,30)/t18-,23-/m1/s1. The SMILES string of the molecule is Cc1ncc(OC[C@@]2(c3cccc(F)c3)C[C@@H]2C(=O)Nc2cc(C)c(F)cn2)c(C)n1. The van der Waals surface area contributed by atoms with Gasteiger partial charge in [0.05, 0.1) is 30.6 Å². The van der Waals surface area contributed by atoms with E-state index in [1.807, 2.05) is 6.92 Å². The molecule has 6 nitrogen and oxygen atoms in total. The molecule has 0 spiro atoms.